The number of benzene rings is 1. The first-order valence-electron chi connectivity index (χ1n) is 11.2. The quantitative estimate of drug-likeness (QED) is 0.475. The third-order valence-corrected chi connectivity index (χ3v) is 6.12. The van der Waals surface area contributed by atoms with E-state index in [2.05, 4.69) is 9.88 Å². The Morgan fingerprint density at radius 3 is 2.79 bits per heavy atom. The highest BCUT2D eigenvalue weighted by molar-refractivity contribution is 5.81. The predicted molar refractivity (Wildman–Crippen MR) is 124 cm³/mol. The van der Waals surface area contributed by atoms with Crippen LogP contribution in [0.1, 0.15) is 30.9 Å². The van der Waals surface area contributed by atoms with Gasteiger partial charge in [0, 0.05) is 37.5 Å². The van der Waals surface area contributed by atoms with Crippen LogP contribution in [-0.2, 0) is 29.7 Å². The van der Waals surface area contributed by atoms with Gasteiger partial charge in [0.05, 0.1) is 29.8 Å². The van der Waals surface area contributed by atoms with E-state index in [4.69, 9.17) is 9.72 Å². The summed E-state index contributed by atoms with van der Waals surface area (Å²) in [6, 6.07) is 6.64. The molecule has 3 heterocycles. The summed E-state index contributed by atoms with van der Waals surface area (Å²) in [5, 5.41) is 21.9. The molecular weight excluding hydrogens is 424 g/mol. The van der Waals surface area contributed by atoms with Crippen LogP contribution in [-0.4, -0.2) is 55.2 Å². The maximum Gasteiger partial charge on any atom is 0.323 e. The molecule has 4 rings (SSSR count). The lowest BCUT2D eigenvalue weighted by Crippen LogP contribution is -2.44. The maximum atomic E-state index is 12.2. The minimum atomic E-state index is -1.10. The van der Waals surface area contributed by atoms with Gasteiger partial charge in [0.25, 0.3) is 5.56 Å². The van der Waals surface area contributed by atoms with E-state index in [1.54, 1.807) is 24.7 Å². The van der Waals surface area contributed by atoms with E-state index >= 15 is 0 Å². The minimum absolute atomic E-state index is 0.0417. The number of nitrogens with zero attached hydrogens (tertiary/aromatic N) is 3. The molecule has 0 unspecified atom stereocenters. The van der Waals surface area contributed by atoms with E-state index in [9.17, 15) is 19.8 Å². The van der Waals surface area contributed by atoms with Crippen LogP contribution in [0.4, 0.5) is 0 Å². The topological polar surface area (TPSA) is 119 Å². The molecule has 0 spiro atoms. The third kappa shape index (κ3) is 4.85. The van der Waals surface area contributed by atoms with Crippen molar-refractivity contribution in [3.63, 3.8) is 0 Å². The highest BCUT2D eigenvalue weighted by atomic mass is 16.5. The molecule has 0 bridgehead atoms. The number of carboxylic acid groups (broad SMARTS) is 1. The van der Waals surface area contributed by atoms with Gasteiger partial charge in [0.2, 0.25) is 0 Å². The second kappa shape index (κ2) is 9.46. The molecule has 3 atom stereocenters. The van der Waals surface area contributed by atoms with Gasteiger partial charge in [-0.1, -0.05) is 6.07 Å². The van der Waals surface area contributed by atoms with Gasteiger partial charge < -0.3 is 24.1 Å². The summed E-state index contributed by atoms with van der Waals surface area (Å²) < 4.78 is 9.58. The van der Waals surface area contributed by atoms with Crippen molar-refractivity contribution >= 4 is 17.0 Å². The fourth-order valence-corrected chi connectivity index (χ4v) is 4.37. The van der Waals surface area contributed by atoms with Gasteiger partial charge in [-0.15, -0.1) is 0 Å². The smallest absolute Gasteiger partial charge is 0.323 e. The molecule has 2 aromatic heterocycles. The number of rotatable bonds is 8. The van der Waals surface area contributed by atoms with Gasteiger partial charge in [-0.25, -0.2) is 4.98 Å². The predicted octanol–water partition coefficient (Wildman–Crippen LogP) is 1.81. The first-order valence-corrected chi connectivity index (χ1v) is 11.2. The summed E-state index contributed by atoms with van der Waals surface area (Å²) in [4.78, 5) is 28.4. The first kappa shape index (κ1) is 23.2. The van der Waals surface area contributed by atoms with Crippen molar-refractivity contribution < 1.29 is 19.7 Å². The summed E-state index contributed by atoms with van der Waals surface area (Å²) >= 11 is 0. The normalized spacial score (nSPS) is 18.0. The van der Waals surface area contributed by atoms with Gasteiger partial charge in [-0.3, -0.25) is 14.9 Å². The van der Waals surface area contributed by atoms with Crippen molar-refractivity contribution in [1.29, 1.82) is 0 Å². The van der Waals surface area contributed by atoms with Crippen LogP contribution in [0.2, 0.25) is 0 Å². The Labute approximate surface area is 191 Å². The zero-order chi connectivity index (χ0) is 23.7. The molecule has 3 N–H and O–H groups in total. The van der Waals surface area contributed by atoms with Gasteiger partial charge in [0.15, 0.2) is 0 Å². The molecule has 9 nitrogen and oxygen atoms in total. The number of aliphatic hydroxyl groups is 1. The lowest BCUT2D eigenvalue weighted by molar-refractivity contribution is -0.142. The van der Waals surface area contributed by atoms with Crippen LogP contribution in [0, 0.1) is 6.92 Å². The molecule has 1 aliphatic heterocycles. The maximum absolute atomic E-state index is 12.2. The number of nitrogens with one attached hydrogen (secondary N) is 1. The number of hydrogen-bond donors (Lipinski definition) is 3. The largest absolute Gasteiger partial charge is 0.480 e. The fourth-order valence-electron chi connectivity index (χ4n) is 4.37. The molecule has 33 heavy (non-hydrogen) atoms. The number of hydrogen-bond acceptors (Lipinski definition) is 6. The molecular formula is C24H30N4O5. The molecule has 0 amide bonds. The Kier molecular flexibility index (Phi) is 6.64. The number of carbonyl (C=O) groups is 1. The van der Waals surface area contributed by atoms with E-state index < -0.39 is 18.1 Å². The number of imidazole rings is 1. The van der Waals surface area contributed by atoms with E-state index in [0.29, 0.717) is 12.1 Å². The Morgan fingerprint density at radius 2 is 2.15 bits per heavy atom. The van der Waals surface area contributed by atoms with Crippen LogP contribution in [0.5, 0.6) is 0 Å². The average Bonchev–Trinajstić information content (AvgIpc) is 3.39. The Bertz CT molecular complexity index is 1200. The summed E-state index contributed by atoms with van der Waals surface area (Å²) in [6.07, 6.45) is 2.92. The fraction of sp³-hybridized carbons (Fsp3) is 0.458. The monoisotopic (exact) mass is 454 g/mol. The van der Waals surface area contributed by atoms with Crippen molar-refractivity contribution in [1.82, 2.24) is 19.4 Å². The molecule has 1 saturated heterocycles. The zero-order valence-corrected chi connectivity index (χ0v) is 19.1. The number of pyridine rings is 1. The van der Waals surface area contributed by atoms with Crippen LogP contribution in [0.3, 0.4) is 0 Å². The van der Waals surface area contributed by atoms with Gasteiger partial charge in [-0.05, 0) is 50.5 Å². The van der Waals surface area contributed by atoms with E-state index in [1.165, 1.54) is 6.92 Å². The molecule has 0 saturated carbocycles. The van der Waals surface area contributed by atoms with Crippen molar-refractivity contribution in [2.75, 3.05) is 6.61 Å². The standard InChI is InChI=1S/C24H30N4O5/c1-14-9-17(12-27(3)23(14)30)22-26-19-10-16(11-25-21(15(2)29)24(31)32)6-7-20(19)28(22)13-18-5-4-8-33-18/h6-7,9-10,12,15,18,21,25,29H,4-5,8,11,13H2,1-3H3,(H,31,32)/t15-,18+,21+/m1/s1. The Morgan fingerprint density at radius 1 is 1.36 bits per heavy atom. The highest BCUT2D eigenvalue weighted by Crippen LogP contribution is 2.28. The molecule has 0 radical (unpaired) electrons. The number of carboxylic acids is 1. The van der Waals surface area contributed by atoms with Crippen LogP contribution >= 0.6 is 0 Å². The highest BCUT2D eigenvalue weighted by Gasteiger charge is 2.23. The van der Waals surface area contributed by atoms with E-state index in [-0.39, 0.29) is 18.2 Å². The van der Waals surface area contributed by atoms with Gasteiger partial charge in [-0.2, -0.15) is 0 Å². The summed E-state index contributed by atoms with van der Waals surface area (Å²) in [6.45, 7) is 4.95. The molecule has 1 fully saturated rings. The van der Waals surface area contributed by atoms with E-state index in [1.807, 2.05) is 24.3 Å². The van der Waals surface area contributed by atoms with Crippen LogP contribution in [0.25, 0.3) is 22.4 Å². The van der Waals surface area contributed by atoms with Gasteiger partial charge >= 0.3 is 5.97 Å². The number of aromatic nitrogens is 3. The number of fused-ring (bicyclic) bond motifs is 1. The third-order valence-electron chi connectivity index (χ3n) is 6.12. The molecule has 9 heteroatoms. The van der Waals surface area contributed by atoms with Crippen molar-refractivity contribution in [2.45, 2.75) is 58.0 Å². The molecule has 3 aromatic rings. The molecule has 1 aromatic carbocycles. The number of aliphatic hydroxyl groups excluding tert-OH is 1. The minimum Gasteiger partial charge on any atom is -0.480 e. The van der Waals surface area contributed by atoms with Crippen molar-refractivity contribution in [3.05, 3.63) is 51.9 Å². The van der Waals surface area contributed by atoms with Crippen molar-refractivity contribution in [2.24, 2.45) is 7.05 Å². The van der Waals surface area contributed by atoms with Crippen molar-refractivity contribution in [3.8, 4) is 11.4 Å². The second-order valence-electron chi connectivity index (χ2n) is 8.77. The zero-order valence-electron chi connectivity index (χ0n) is 19.1. The molecule has 1 aliphatic rings. The average molecular weight is 455 g/mol. The van der Waals surface area contributed by atoms with E-state index in [0.717, 1.165) is 47.4 Å². The summed E-state index contributed by atoms with van der Waals surface area (Å²) in [5.74, 6) is -0.337. The Balaban J connectivity index is 1.73. The Hall–Kier alpha value is -3.01. The molecule has 0 aliphatic carbocycles. The summed E-state index contributed by atoms with van der Waals surface area (Å²) in [5.41, 5.74) is 4.04. The van der Waals surface area contributed by atoms with Gasteiger partial charge in [0.1, 0.15) is 11.9 Å². The summed E-state index contributed by atoms with van der Waals surface area (Å²) in [7, 11) is 1.73. The van der Waals surface area contributed by atoms with Crippen LogP contribution < -0.4 is 10.9 Å². The first-order chi connectivity index (χ1) is 15.7. The number of ether oxygens (including phenoxy) is 1. The lowest BCUT2D eigenvalue weighted by Gasteiger charge is -2.17. The molecule has 176 valence electrons. The second-order valence-corrected chi connectivity index (χ2v) is 8.77. The number of aryl methyl sites for hydroxylation is 2. The lowest BCUT2D eigenvalue weighted by atomic mass is 10.1. The number of aliphatic carboxylic acids is 1. The van der Waals surface area contributed by atoms with Crippen LogP contribution in [0.15, 0.2) is 35.3 Å². The SMILES string of the molecule is Cc1cc(-c2nc3cc(CN[C@H](C(=O)O)[C@@H](C)O)ccc3n2C[C@@H]2CCCO2)cn(C)c1=O.